The fourth-order valence-corrected chi connectivity index (χ4v) is 5.03. The molecule has 1 aliphatic heterocycles. The summed E-state index contributed by atoms with van der Waals surface area (Å²) in [4.78, 5) is 8.31. The molecule has 38 heavy (non-hydrogen) atoms. The van der Waals surface area contributed by atoms with Crippen molar-refractivity contribution < 1.29 is 4.74 Å². The van der Waals surface area contributed by atoms with Crippen LogP contribution in [0.3, 0.4) is 0 Å². The summed E-state index contributed by atoms with van der Waals surface area (Å²) in [7, 11) is 0. The van der Waals surface area contributed by atoms with E-state index in [1.54, 1.807) is 0 Å². The molecule has 5 aromatic rings. The Kier molecular flexibility index (Phi) is 6.73. The molecule has 4 aromatic carbocycles. The minimum atomic E-state index is 0.0200. The first-order valence-corrected chi connectivity index (χ1v) is 13.1. The van der Waals surface area contributed by atoms with Crippen molar-refractivity contribution in [2.45, 2.75) is 19.3 Å². The second-order valence-corrected chi connectivity index (χ2v) is 9.68. The third-order valence-electron chi connectivity index (χ3n) is 7.07. The number of aryl methyl sites for hydroxylation is 1. The first-order chi connectivity index (χ1) is 18.8. The standard InChI is InChI=1S/C35H30N2O/c1-25-16-18-26(19-17-25)31-22-34(27-10-4-2-5-11-27)38-35(28-12-6-3-7-13-28)32(31)24-36-21-20-29-23-37-33-15-9-8-14-30(29)33/h2-19,22-24,31,37H,20-21H2,1H3/t31-/m1/s1. The first kappa shape index (κ1) is 23.7. The van der Waals surface area contributed by atoms with E-state index in [1.807, 2.05) is 30.5 Å². The van der Waals surface area contributed by atoms with Crippen LogP contribution in [0.4, 0.5) is 0 Å². The van der Waals surface area contributed by atoms with Crippen molar-refractivity contribution in [1.29, 1.82) is 0 Å². The van der Waals surface area contributed by atoms with Crippen LogP contribution in [-0.4, -0.2) is 17.7 Å². The third-order valence-corrected chi connectivity index (χ3v) is 7.07. The van der Waals surface area contributed by atoms with E-state index in [9.17, 15) is 0 Å². The van der Waals surface area contributed by atoms with Gasteiger partial charge in [0.05, 0.1) is 0 Å². The maximum absolute atomic E-state index is 6.65. The number of para-hydroxylation sites is 1. The number of aliphatic imine (C=N–C) groups is 1. The summed E-state index contributed by atoms with van der Waals surface area (Å²) in [6.07, 6.45) is 7.23. The minimum Gasteiger partial charge on any atom is -0.456 e. The van der Waals surface area contributed by atoms with Crippen LogP contribution in [0.25, 0.3) is 22.4 Å². The highest BCUT2D eigenvalue weighted by Gasteiger charge is 2.27. The minimum absolute atomic E-state index is 0.0200. The molecule has 3 heteroatoms. The second kappa shape index (κ2) is 10.8. The van der Waals surface area contributed by atoms with Gasteiger partial charge < -0.3 is 9.72 Å². The molecule has 0 bridgehead atoms. The van der Waals surface area contributed by atoms with Crippen LogP contribution >= 0.6 is 0 Å². The molecule has 0 saturated heterocycles. The Morgan fingerprint density at radius 2 is 1.47 bits per heavy atom. The Hall–Kier alpha value is -4.63. The molecule has 2 heterocycles. The molecule has 0 spiro atoms. The zero-order chi connectivity index (χ0) is 25.7. The highest BCUT2D eigenvalue weighted by molar-refractivity contribution is 5.95. The summed E-state index contributed by atoms with van der Waals surface area (Å²) < 4.78 is 6.65. The topological polar surface area (TPSA) is 37.4 Å². The van der Waals surface area contributed by atoms with Crippen molar-refractivity contribution in [2.75, 3.05) is 6.54 Å². The van der Waals surface area contributed by atoms with E-state index in [4.69, 9.17) is 9.73 Å². The van der Waals surface area contributed by atoms with Gasteiger partial charge in [0.1, 0.15) is 11.5 Å². The van der Waals surface area contributed by atoms with Gasteiger partial charge in [-0.25, -0.2) is 0 Å². The summed E-state index contributed by atoms with van der Waals surface area (Å²) in [6.45, 7) is 2.82. The smallest absolute Gasteiger partial charge is 0.140 e. The van der Waals surface area contributed by atoms with E-state index in [2.05, 4.69) is 109 Å². The van der Waals surface area contributed by atoms with E-state index in [-0.39, 0.29) is 5.92 Å². The summed E-state index contributed by atoms with van der Waals surface area (Å²) in [5.41, 5.74) is 8.10. The number of nitrogens with zero attached hydrogens (tertiary/aromatic N) is 1. The predicted molar refractivity (Wildman–Crippen MR) is 158 cm³/mol. The molecule has 1 atom stereocenters. The molecule has 0 saturated carbocycles. The number of allylic oxidation sites excluding steroid dienone is 2. The molecule has 1 aromatic heterocycles. The van der Waals surface area contributed by atoms with Gasteiger partial charge in [-0.15, -0.1) is 0 Å². The average Bonchev–Trinajstić information content (AvgIpc) is 3.39. The van der Waals surface area contributed by atoms with E-state index in [0.717, 1.165) is 34.6 Å². The predicted octanol–water partition coefficient (Wildman–Crippen LogP) is 8.36. The van der Waals surface area contributed by atoms with Crippen LogP contribution in [0, 0.1) is 6.92 Å². The molecule has 1 N–H and O–H groups in total. The molecule has 1 aliphatic rings. The molecule has 0 radical (unpaired) electrons. The largest absolute Gasteiger partial charge is 0.456 e. The Bertz CT molecular complexity index is 1620. The molecule has 0 aliphatic carbocycles. The lowest BCUT2D eigenvalue weighted by Gasteiger charge is -2.27. The van der Waals surface area contributed by atoms with Gasteiger partial charge in [0.25, 0.3) is 0 Å². The first-order valence-electron chi connectivity index (χ1n) is 13.1. The molecular formula is C35H30N2O. The molecule has 0 fully saturated rings. The number of rotatable bonds is 7. The number of H-pyrrole nitrogens is 1. The van der Waals surface area contributed by atoms with Gasteiger partial charge in [-0.1, -0.05) is 109 Å². The van der Waals surface area contributed by atoms with E-state index < -0.39 is 0 Å². The van der Waals surface area contributed by atoms with Crippen molar-refractivity contribution >= 4 is 28.6 Å². The van der Waals surface area contributed by atoms with Crippen molar-refractivity contribution in [3.05, 3.63) is 155 Å². The van der Waals surface area contributed by atoms with Crippen molar-refractivity contribution in [3.63, 3.8) is 0 Å². The van der Waals surface area contributed by atoms with Crippen LogP contribution in [-0.2, 0) is 11.2 Å². The Balaban J connectivity index is 1.39. The highest BCUT2D eigenvalue weighted by atomic mass is 16.5. The maximum Gasteiger partial charge on any atom is 0.140 e. The van der Waals surface area contributed by atoms with Crippen LogP contribution < -0.4 is 0 Å². The maximum atomic E-state index is 6.65. The lowest BCUT2D eigenvalue weighted by Crippen LogP contribution is -2.13. The second-order valence-electron chi connectivity index (χ2n) is 9.68. The van der Waals surface area contributed by atoms with Gasteiger partial charge >= 0.3 is 0 Å². The lowest BCUT2D eigenvalue weighted by atomic mass is 9.86. The van der Waals surface area contributed by atoms with Crippen LogP contribution in [0.1, 0.15) is 33.7 Å². The highest BCUT2D eigenvalue weighted by Crippen LogP contribution is 2.41. The quantitative estimate of drug-likeness (QED) is 0.227. The number of aromatic amines is 1. The number of aromatic nitrogens is 1. The number of nitrogens with one attached hydrogen (secondary N) is 1. The van der Waals surface area contributed by atoms with Gasteiger partial charge in [-0.3, -0.25) is 4.99 Å². The third kappa shape index (κ3) is 4.96. The number of hydrogen-bond acceptors (Lipinski definition) is 2. The zero-order valence-electron chi connectivity index (χ0n) is 21.5. The van der Waals surface area contributed by atoms with Gasteiger partial charge in [-0.2, -0.15) is 0 Å². The molecular weight excluding hydrogens is 464 g/mol. The van der Waals surface area contributed by atoms with Gasteiger partial charge in [0.2, 0.25) is 0 Å². The molecule has 0 unspecified atom stereocenters. The van der Waals surface area contributed by atoms with Gasteiger partial charge in [-0.05, 0) is 36.6 Å². The Labute approximate surface area is 223 Å². The van der Waals surface area contributed by atoms with Crippen LogP contribution in [0.5, 0.6) is 0 Å². The Morgan fingerprint density at radius 3 is 2.24 bits per heavy atom. The average molecular weight is 495 g/mol. The number of benzene rings is 4. The fourth-order valence-electron chi connectivity index (χ4n) is 5.03. The van der Waals surface area contributed by atoms with Crippen molar-refractivity contribution in [1.82, 2.24) is 4.98 Å². The van der Waals surface area contributed by atoms with Gasteiger partial charge in [0, 0.05) is 52.5 Å². The monoisotopic (exact) mass is 494 g/mol. The van der Waals surface area contributed by atoms with E-state index in [0.29, 0.717) is 6.54 Å². The van der Waals surface area contributed by atoms with E-state index in [1.165, 1.54) is 27.6 Å². The summed E-state index contributed by atoms with van der Waals surface area (Å²) in [6, 6.07) is 37.9. The Morgan fingerprint density at radius 1 is 0.789 bits per heavy atom. The molecule has 186 valence electrons. The van der Waals surface area contributed by atoms with E-state index >= 15 is 0 Å². The fraction of sp³-hybridized carbons (Fsp3) is 0.114. The van der Waals surface area contributed by atoms with Crippen molar-refractivity contribution in [3.8, 4) is 0 Å². The van der Waals surface area contributed by atoms with Crippen LogP contribution in [0.2, 0.25) is 0 Å². The number of ether oxygens (including phenoxy) is 1. The normalized spacial score (nSPS) is 15.6. The SMILES string of the molecule is Cc1ccc([C@H]2C=C(c3ccccc3)OC(c3ccccc3)=C2C=NCCc2c[nH]c3ccccc23)cc1. The summed E-state index contributed by atoms with van der Waals surface area (Å²) in [5, 5.41) is 1.26. The summed E-state index contributed by atoms with van der Waals surface area (Å²) in [5.74, 6) is 1.74. The number of hydrogen-bond donors (Lipinski definition) is 1. The van der Waals surface area contributed by atoms with Crippen LogP contribution in [0.15, 0.2) is 132 Å². The summed E-state index contributed by atoms with van der Waals surface area (Å²) >= 11 is 0. The molecule has 3 nitrogen and oxygen atoms in total. The van der Waals surface area contributed by atoms with Crippen molar-refractivity contribution in [2.24, 2.45) is 4.99 Å². The molecule has 6 rings (SSSR count). The molecule has 0 amide bonds. The van der Waals surface area contributed by atoms with Gasteiger partial charge in [0.15, 0.2) is 0 Å². The zero-order valence-corrected chi connectivity index (χ0v) is 21.5. The lowest BCUT2D eigenvalue weighted by molar-refractivity contribution is 0.456. The number of fused-ring (bicyclic) bond motifs is 1.